The molecule has 5 nitrogen and oxygen atoms in total. The van der Waals surface area contributed by atoms with Crippen molar-refractivity contribution in [2.24, 2.45) is 13.0 Å². The summed E-state index contributed by atoms with van der Waals surface area (Å²) in [6, 6.07) is 11.1. The second-order valence-corrected chi connectivity index (χ2v) is 9.29. The van der Waals surface area contributed by atoms with Gasteiger partial charge in [-0.05, 0) is 51.3 Å². The van der Waals surface area contributed by atoms with Crippen molar-refractivity contribution < 1.29 is 19.7 Å². The fourth-order valence-electron chi connectivity index (χ4n) is 5.54. The van der Waals surface area contributed by atoms with E-state index in [4.69, 9.17) is 4.74 Å². The summed E-state index contributed by atoms with van der Waals surface area (Å²) in [6.07, 6.45) is 3.68. The number of aromatic hydroxyl groups is 1. The van der Waals surface area contributed by atoms with Crippen molar-refractivity contribution in [1.29, 1.82) is 0 Å². The molecule has 0 radical (unpaired) electrons. The normalized spacial score (nSPS) is 24.7. The zero-order chi connectivity index (χ0) is 21.2. The molecule has 2 heterocycles. The van der Waals surface area contributed by atoms with E-state index in [1.807, 2.05) is 42.1 Å². The number of ether oxygens (including phenoxy) is 1. The summed E-state index contributed by atoms with van der Waals surface area (Å²) in [5.74, 6) is 0.736. The molecule has 1 fully saturated rings. The minimum absolute atomic E-state index is 0.0224. The lowest BCUT2D eigenvalue weighted by molar-refractivity contribution is -0.0317. The molecule has 0 bridgehead atoms. The molecule has 2 aromatic carbocycles. The summed E-state index contributed by atoms with van der Waals surface area (Å²) in [7, 11) is 1.92. The van der Waals surface area contributed by atoms with Crippen LogP contribution in [0.4, 0.5) is 0 Å². The van der Waals surface area contributed by atoms with Gasteiger partial charge in [-0.3, -0.25) is 4.79 Å². The van der Waals surface area contributed by atoms with Crippen LogP contribution in [-0.4, -0.2) is 32.3 Å². The number of carbonyl (C=O) groups excluding carboxylic acids is 1. The Morgan fingerprint density at radius 3 is 2.77 bits per heavy atom. The summed E-state index contributed by atoms with van der Waals surface area (Å²) in [5.41, 5.74) is 2.31. The standard InChI is InChI=1S/C25H27NO4/c1-25(2)19-9-8-15(27)12-17(19)23-21(28)10-14(11-22(23)30-25)24(29)18-13-26(3)20-7-5-4-6-16(18)20/h4-7,10-11,13,15,17,19,27-28H,8-9,12H2,1-3H3/t15-,17-,19-/m1/s1. The number of benzene rings is 2. The summed E-state index contributed by atoms with van der Waals surface area (Å²) in [4.78, 5) is 13.4. The Morgan fingerprint density at radius 1 is 1.20 bits per heavy atom. The summed E-state index contributed by atoms with van der Waals surface area (Å²) < 4.78 is 8.26. The molecule has 0 amide bonds. The van der Waals surface area contributed by atoms with Crippen LogP contribution >= 0.6 is 0 Å². The highest BCUT2D eigenvalue weighted by molar-refractivity contribution is 6.16. The van der Waals surface area contributed by atoms with Crippen LogP contribution in [0.25, 0.3) is 10.9 Å². The van der Waals surface area contributed by atoms with Crippen LogP contribution in [0.5, 0.6) is 11.5 Å². The summed E-state index contributed by atoms with van der Waals surface area (Å²) in [5, 5.41) is 22.1. The number of fused-ring (bicyclic) bond motifs is 4. The number of carbonyl (C=O) groups is 1. The number of para-hydroxylation sites is 1. The Labute approximate surface area is 175 Å². The minimum atomic E-state index is -0.425. The van der Waals surface area contributed by atoms with Crippen LogP contribution in [-0.2, 0) is 7.05 Å². The Hall–Kier alpha value is -2.79. The van der Waals surface area contributed by atoms with Crippen LogP contribution in [0.15, 0.2) is 42.6 Å². The summed E-state index contributed by atoms with van der Waals surface area (Å²) >= 11 is 0. The molecule has 1 saturated carbocycles. The average molecular weight is 405 g/mol. The molecule has 2 aliphatic rings. The fraction of sp³-hybridized carbons (Fsp3) is 0.400. The predicted molar refractivity (Wildman–Crippen MR) is 115 cm³/mol. The Kier molecular flexibility index (Phi) is 4.23. The second-order valence-electron chi connectivity index (χ2n) is 9.29. The van der Waals surface area contributed by atoms with Gasteiger partial charge >= 0.3 is 0 Å². The van der Waals surface area contributed by atoms with E-state index >= 15 is 0 Å². The third-order valence-electron chi connectivity index (χ3n) is 6.98. The minimum Gasteiger partial charge on any atom is -0.507 e. The molecule has 3 aromatic rings. The van der Waals surface area contributed by atoms with Gasteiger partial charge in [-0.1, -0.05) is 18.2 Å². The number of phenols is 1. The van der Waals surface area contributed by atoms with E-state index in [2.05, 4.69) is 13.8 Å². The third kappa shape index (κ3) is 2.83. The largest absolute Gasteiger partial charge is 0.507 e. The van der Waals surface area contributed by atoms with Crippen LogP contribution in [0.1, 0.15) is 60.5 Å². The monoisotopic (exact) mass is 405 g/mol. The smallest absolute Gasteiger partial charge is 0.195 e. The number of hydrogen-bond donors (Lipinski definition) is 2. The second kappa shape index (κ2) is 6.61. The maximum Gasteiger partial charge on any atom is 0.195 e. The number of aromatic nitrogens is 1. The van der Waals surface area contributed by atoms with Gasteiger partial charge < -0.3 is 19.5 Å². The molecule has 0 spiro atoms. The lowest BCUT2D eigenvalue weighted by atomic mass is 9.66. The van der Waals surface area contributed by atoms with E-state index in [0.717, 1.165) is 29.3 Å². The van der Waals surface area contributed by atoms with Crippen LogP contribution in [0.3, 0.4) is 0 Å². The molecule has 156 valence electrons. The lowest BCUT2D eigenvalue weighted by Crippen LogP contribution is -2.47. The number of rotatable bonds is 2. The number of ketones is 1. The van der Waals surface area contributed by atoms with Gasteiger partial charge in [0.2, 0.25) is 0 Å². The molecule has 1 aliphatic heterocycles. The zero-order valence-electron chi connectivity index (χ0n) is 17.6. The highest BCUT2D eigenvalue weighted by Gasteiger charge is 2.47. The maximum absolute atomic E-state index is 13.4. The Bertz CT molecular complexity index is 1160. The lowest BCUT2D eigenvalue weighted by Gasteiger charge is -2.48. The number of hydrogen-bond acceptors (Lipinski definition) is 4. The van der Waals surface area contributed by atoms with Gasteiger partial charge in [0.05, 0.1) is 6.10 Å². The number of nitrogens with zero attached hydrogens (tertiary/aromatic N) is 1. The molecule has 5 heteroatoms. The van der Waals surface area contributed by atoms with E-state index in [9.17, 15) is 15.0 Å². The predicted octanol–water partition coefficient (Wildman–Crippen LogP) is 4.53. The van der Waals surface area contributed by atoms with E-state index in [1.54, 1.807) is 12.1 Å². The van der Waals surface area contributed by atoms with E-state index < -0.39 is 5.60 Å². The number of aliphatic hydroxyl groups is 1. The van der Waals surface area contributed by atoms with Crippen LogP contribution in [0, 0.1) is 5.92 Å². The highest BCUT2D eigenvalue weighted by Crippen LogP contribution is 2.54. The first-order valence-electron chi connectivity index (χ1n) is 10.6. The van der Waals surface area contributed by atoms with Crippen LogP contribution < -0.4 is 4.74 Å². The molecular formula is C25H27NO4. The maximum atomic E-state index is 13.4. The van der Waals surface area contributed by atoms with Crippen molar-refractivity contribution in [3.05, 3.63) is 59.3 Å². The van der Waals surface area contributed by atoms with E-state index in [1.165, 1.54) is 0 Å². The topological polar surface area (TPSA) is 71.7 Å². The number of aliphatic hydroxyl groups excluding tert-OH is 1. The van der Waals surface area contributed by atoms with Gasteiger partial charge in [0.15, 0.2) is 5.78 Å². The Morgan fingerprint density at radius 2 is 1.97 bits per heavy atom. The molecule has 0 unspecified atom stereocenters. The van der Waals surface area contributed by atoms with Crippen molar-refractivity contribution in [3.8, 4) is 11.5 Å². The van der Waals surface area contributed by atoms with E-state index in [0.29, 0.717) is 23.3 Å². The molecule has 5 rings (SSSR count). The summed E-state index contributed by atoms with van der Waals surface area (Å²) in [6.45, 7) is 4.11. The van der Waals surface area contributed by atoms with Crippen molar-refractivity contribution in [2.75, 3.05) is 0 Å². The molecule has 3 atom stereocenters. The number of aryl methyl sites for hydroxylation is 1. The van der Waals surface area contributed by atoms with Crippen LogP contribution in [0.2, 0.25) is 0 Å². The van der Waals surface area contributed by atoms with Crippen molar-refractivity contribution in [2.45, 2.75) is 50.7 Å². The molecular weight excluding hydrogens is 378 g/mol. The Balaban J connectivity index is 1.61. The van der Waals surface area contributed by atoms with Gasteiger partial charge in [0.25, 0.3) is 0 Å². The van der Waals surface area contributed by atoms with Gasteiger partial charge in [-0.2, -0.15) is 0 Å². The SMILES string of the molecule is Cn1cc(C(=O)c2cc(O)c3c(c2)OC(C)(C)[C@@H]2CC[C@@H](O)C[C@@H]32)c2ccccc21. The van der Waals surface area contributed by atoms with Gasteiger partial charge in [-0.25, -0.2) is 0 Å². The van der Waals surface area contributed by atoms with Crippen molar-refractivity contribution in [3.63, 3.8) is 0 Å². The molecule has 2 N–H and O–H groups in total. The molecule has 1 aromatic heterocycles. The first-order valence-corrected chi connectivity index (χ1v) is 10.6. The zero-order valence-corrected chi connectivity index (χ0v) is 17.6. The quantitative estimate of drug-likeness (QED) is 0.615. The molecule has 1 aliphatic carbocycles. The first kappa shape index (κ1) is 19.2. The van der Waals surface area contributed by atoms with Crippen molar-refractivity contribution in [1.82, 2.24) is 4.57 Å². The highest BCUT2D eigenvalue weighted by atomic mass is 16.5. The fourth-order valence-corrected chi connectivity index (χ4v) is 5.54. The number of phenolic OH excluding ortho intramolecular Hbond substituents is 1. The first-order chi connectivity index (χ1) is 14.3. The van der Waals surface area contributed by atoms with Crippen molar-refractivity contribution >= 4 is 16.7 Å². The van der Waals surface area contributed by atoms with Gasteiger partial charge in [0.1, 0.15) is 17.1 Å². The van der Waals surface area contributed by atoms with Gasteiger partial charge in [-0.15, -0.1) is 0 Å². The van der Waals surface area contributed by atoms with Gasteiger partial charge in [0, 0.05) is 52.7 Å². The average Bonchev–Trinajstić information content (AvgIpc) is 3.03. The molecule has 0 saturated heterocycles. The van der Waals surface area contributed by atoms with E-state index in [-0.39, 0.29) is 29.5 Å². The third-order valence-corrected chi connectivity index (χ3v) is 6.98. The molecule has 30 heavy (non-hydrogen) atoms.